The third-order valence-corrected chi connectivity index (χ3v) is 3.08. The monoisotopic (exact) mass is 234 g/mol. The minimum Gasteiger partial charge on any atom is -0.334 e. The Morgan fingerprint density at radius 2 is 2.35 bits per heavy atom. The predicted octanol–water partition coefficient (Wildman–Crippen LogP) is 0.547. The molecule has 0 bridgehead atoms. The van der Waals surface area contributed by atoms with Crippen LogP contribution in [-0.4, -0.2) is 46.5 Å². The largest absolute Gasteiger partial charge is 0.334 e. The molecule has 1 aromatic heterocycles. The summed E-state index contributed by atoms with van der Waals surface area (Å²) in [5, 5.41) is 3.42. The van der Waals surface area contributed by atoms with Gasteiger partial charge in [-0.05, 0) is 5.92 Å². The lowest BCUT2D eigenvalue weighted by atomic mass is 10.0. The third kappa shape index (κ3) is 2.79. The SMILES string of the molecule is CC(C)C1CN(C(=O)c2cnccn2)CCN1. The standard InChI is InChI=1S/C12H18N4O/c1-9(2)11-8-16(6-5-15-11)12(17)10-7-13-3-4-14-10/h3-4,7,9,11,15H,5-6,8H2,1-2H3. The molecule has 0 radical (unpaired) electrons. The zero-order chi connectivity index (χ0) is 12.3. The first-order valence-electron chi connectivity index (χ1n) is 5.97. The van der Waals surface area contributed by atoms with Crippen LogP contribution in [0.1, 0.15) is 24.3 Å². The molecule has 1 unspecified atom stereocenters. The second-order valence-corrected chi connectivity index (χ2v) is 4.65. The Bertz CT molecular complexity index is 379. The van der Waals surface area contributed by atoms with Gasteiger partial charge in [0, 0.05) is 38.1 Å². The van der Waals surface area contributed by atoms with Gasteiger partial charge in [-0.15, -0.1) is 0 Å². The van der Waals surface area contributed by atoms with Crippen LogP contribution in [0.3, 0.4) is 0 Å². The lowest BCUT2D eigenvalue weighted by molar-refractivity contribution is 0.0677. The number of aromatic nitrogens is 2. The van der Waals surface area contributed by atoms with E-state index in [4.69, 9.17) is 0 Å². The number of carbonyl (C=O) groups excluding carboxylic acids is 1. The molecule has 5 nitrogen and oxygen atoms in total. The van der Waals surface area contributed by atoms with E-state index in [0.717, 1.165) is 19.6 Å². The van der Waals surface area contributed by atoms with Crippen molar-refractivity contribution >= 4 is 5.91 Å². The van der Waals surface area contributed by atoms with Crippen LogP contribution in [0, 0.1) is 5.92 Å². The topological polar surface area (TPSA) is 58.1 Å². The molecule has 1 saturated heterocycles. The average molecular weight is 234 g/mol. The summed E-state index contributed by atoms with van der Waals surface area (Å²) in [6.07, 6.45) is 4.65. The van der Waals surface area contributed by atoms with Crippen molar-refractivity contribution in [3.8, 4) is 0 Å². The number of hydrogen-bond acceptors (Lipinski definition) is 4. The first-order valence-corrected chi connectivity index (χ1v) is 5.97. The quantitative estimate of drug-likeness (QED) is 0.811. The van der Waals surface area contributed by atoms with Crippen molar-refractivity contribution < 1.29 is 4.79 Å². The molecular formula is C12H18N4O. The minimum absolute atomic E-state index is 0.0229. The van der Waals surface area contributed by atoms with Gasteiger partial charge in [0.25, 0.3) is 5.91 Å². The van der Waals surface area contributed by atoms with E-state index >= 15 is 0 Å². The molecule has 17 heavy (non-hydrogen) atoms. The van der Waals surface area contributed by atoms with Crippen molar-refractivity contribution in [2.75, 3.05) is 19.6 Å². The van der Waals surface area contributed by atoms with Gasteiger partial charge < -0.3 is 10.2 Å². The summed E-state index contributed by atoms with van der Waals surface area (Å²) in [5.74, 6) is 0.498. The van der Waals surface area contributed by atoms with Crippen molar-refractivity contribution in [1.29, 1.82) is 0 Å². The van der Waals surface area contributed by atoms with Gasteiger partial charge in [-0.2, -0.15) is 0 Å². The van der Waals surface area contributed by atoms with E-state index in [9.17, 15) is 4.79 Å². The van der Waals surface area contributed by atoms with E-state index in [0.29, 0.717) is 17.7 Å². The summed E-state index contributed by atoms with van der Waals surface area (Å²) in [7, 11) is 0. The molecular weight excluding hydrogens is 216 g/mol. The van der Waals surface area contributed by atoms with E-state index in [1.54, 1.807) is 12.4 Å². The van der Waals surface area contributed by atoms with E-state index in [1.807, 2.05) is 4.90 Å². The highest BCUT2D eigenvalue weighted by molar-refractivity contribution is 5.92. The summed E-state index contributed by atoms with van der Waals surface area (Å²) >= 11 is 0. The van der Waals surface area contributed by atoms with Crippen molar-refractivity contribution in [3.63, 3.8) is 0 Å². The van der Waals surface area contributed by atoms with Gasteiger partial charge >= 0.3 is 0 Å². The Hall–Kier alpha value is -1.49. The van der Waals surface area contributed by atoms with Crippen molar-refractivity contribution in [3.05, 3.63) is 24.3 Å². The van der Waals surface area contributed by atoms with Gasteiger partial charge in [0.2, 0.25) is 0 Å². The number of hydrogen-bond donors (Lipinski definition) is 1. The van der Waals surface area contributed by atoms with Crippen LogP contribution in [-0.2, 0) is 0 Å². The number of amides is 1. The summed E-state index contributed by atoms with van der Waals surface area (Å²) in [4.78, 5) is 22.0. The number of piperazine rings is 1. The molecule has 1 aromatic rings. The summed E-state index contributed by atoms with van der Waals surface area (Å²) in [6, 6.07) is 0.365. The van der Waals surface area contributed by atoms with Crippen LogP contribution >= 0.6 is 0 Å². The molecule has 0 saturated carbocycles. The summed E-state index contributed by atoms with van der Waals surface area (Å²) < 4.78 is 0. The molecule has 5 heteroatoms. The summed E-state index contributed by atoms with van der Waals surface area (Å²) in [5.41, 5.74) is 0.428. The highest BCUT2D eigenvalue weighted by Gasteiger charge is 2.26. The third-order valence-electron chi connectivity index (χ3n) is 3.08. The van der Waals surface area contributed by atoms with Crippen LogP contribution in [0.2, 0.25) is 0 Å². The Kier molecular flexibility index (Phi) is 3.68. The Labute approximate surface area is 101 Å². The van der Waals surface area contributed by atoms with Gasteiger partial charge in [-0.1, -0.05) is 13.8 Å². The number of rotatable bonds is 2. The number of nitrogens with zero attached hydrogens (tertiary/aromatic N) is 3. The summed E-state index contributed by atoms with van der Waals surface area (Å²) in [6.45, 7) is 6.64. The minimum atomic E-state index is -0.0229. The lowest BCUT2D eigenvalue weighted by Gasteiger charge is -2.35. The van der Waals surface area contributed by atoms with Crippen LogP contribution in [0.25, 0.3) is 0 Å². The molecule has 1 N–H and O–H groups in total. The Morgan fingerprint density at radius 1 is 1.53 bits per heavy atom. The molecule has 0 aliphatic carbocycles. The van der Waals surface area contributed by atoms with Crippen LogP contribution in [0.5, 0.6) is 0 Å². The fraction of sp³-hybridized carbons (Fsp3) is 0.583. The maximum absolute atomic E-state index is 12.2. The molecule has 1 fully saturated rings. The molecule has 1 amide bonds. The molecule has 2 rings (SSSR count). The molecule has 2 heterocycles. The fourth-order valence-electron chi connectivity index (χ4n) is 1.98. The molecule has 1 aliphatic heterocycles. The van der Waals surface area contributed by atoms with Crippen LogP contribution in [0.4, 0.5) is 0 Å². The van der Waals surface area contributed by atoms with Gasteiger partial charge in [0.05, 0.1) is 6.20 Å². The first kappa shape index (κ1) is 12.0. The molecule has 1 atom stereocenters. The van der Waals surface area contributed by atoms with Gasteiger partial charge in [0.1, 0.15) is 5.69 Å². The van der Waals surface area contributed by atoms with Crippen molar-refractivity contribution in [1.82, 2.24) is 20.2 Å². The smallest absolute Gasteiger partial charge is 0.274 e. The maximum Gasteiger partial charge on any atom is 0.274 e. The zero-order valence-electron chi connectivity index (χ0n) is 10.3. The van der Waals surface area contributed by atoms with E-state index in [-0.39, 0.29) is 5.91 Å². The second-order valence-electron chi connectivity index (χ2n) is 4.65. The Balaban J connectivity index is 2.05. The van der Waals surface area contributed by atoms with Crippen LogP contribution < -0.4 is 5.32 Å². The van der Waals surface area contributed by atoms with Gasteiger partial charge in [-0.3, -0.25) is 9.78 Å². The number of carbonyl (C=O) groups is 1. The predicted molar refractivity (Wildman–Crippen MR) is 64.6 cm³/mol. The molecule has 0 aromatic carbocycles. The van der Waals surface area contributed by atoms with E-state index < -0.39 is 0 Å². The van der Waals surface area contributed by atoms with E-state index in [1.165, 1.54) is 6.20 Å². The number of nitrogens with one attached hydrogen (secondary N) is 1. The molecule has 1 aliphatic rings. The normalized spacial score (nSPS) is 20.6. The molecule has 0 spiro atoms. The first-order chi connectivity index (χ1) is 8.18. The average Bonchev–Trinajstić information content (AvgIpc) is 2.39. The Morgan fingerprint density at radius 3 is 3.00 bits per heavy atom. The van der Waals surface area contributed by atoms with Gasteiger partial charge in [0.15, 0.2) is 0 Å². The lowest BCUT2D eigenvalue weighted by Crippen LogP contribution is -2.54. The van der Waals surface area contributed by atoms with Crippen LogP contribution in [0.15, 0.2) is 18.6 Å². The van der Waals surface area contributed by atoms with Crippen molar-refractivity contribution in [2.24, 2.45) is 5.92 Å². The maximum atomic E-state index is 12.2. The zero-order valence-corrected chi connectivity index (χ0v) is 10.3. The van der Waals surface area contributed by atoms with E-state index in [2.05, 4.69) is 29.1 Å². The molecule has 92 valence electrons. The van der Waals surface area contributed by atoms with Gasteiger partial charge in [-0.25, -0.2) is 4.98 Å². The second kappa shape index (κ2) is 5.23. The fourth-order valence-corrected chi connectivity index (χ4v) is 1.98. The van der Waals surface area contributed by atoms with Crippen molar-refractivity contribution in [2.45, 2.75) is 19.9 Å². The highest BCUT2D eigenvalue weighted by atomic mass is 16.2. The highest BCUT2D eigenvalue weighted by Crippen LogP contribution is 2.10.